The molecule has 1 aliphatic rings. The molecule has 0 bridgehead atoms. The van der Waals surface area contributed by atoms with Crippen LogP contribution in [-0.4, -0.2) is 24.2 Å². The van der Waals surface area contributed by atoms with Crippen molar-refractivity contribution in [2.75, 3.05) is 12.0 Å². The van der Waals surface area contributed by atoms with Crippen molar-refractivity contribution in [1.82, 2.24) is 0 Å². The van der Waals surface area contributed by atoms with E-state index < -0.39 is 17.1 Å². The van der Waals surface area contributed by atoms with Crippen molar-refractivity contribution in [2.45, 2.75) is 0 Å². The van der Waals surface area contributed by atoms with Gasteiger partial charge in [0.1, 0.15) is 0 Å². The van der Waals surface area contributed by atoms with E-state index in [1.54, 1.807) is 54.6 Å². The van der Waals surface area contributed by atoms with Gasteiger partial charge in [0.05, 0.1) is 33.3 Å². The second-order valence-electron chi connectivity index (χ2n) is 6.92. The Kier molecular flexibility index (Phi) is 7.19. The molecule has 0 spiro atoms. The quantitative estimate of drug-likeness (QED) is 0.197. The van der Waals surface area contributed by atoms with Crippen LogP contribution >= 0.6 is 46.6 Å². The Balaban J connectivity index is 1.56. The molecule has 2 amide bonds. The van der Waals surface area contributed by atoms with Crippen molar-refractivity contribution in [3.8, 4) is 11.5 Å². The lowest BCUT2D eigenvalue weighted by Crippen LogP contribution is -2.27. The molecule has 0 aliphatic carbocycles. The Bertz CT molecular complexity index is 1340. The van der Waals surface area contributed by atoms with Crippen LogP contribution in [0.4, 0.5) is 10.5 Å². The topological polar surface area (TPSA) is 72.9 Å². The van der Waals surface area contributed by atoms with Crippen LogP contribution in [0.5, 0.6) is 11.5 Å². The van der Waals surface area contributed by atoms with Gasteiger partial charge in [-0.05, 0) is 78.0 Å². The Morgan fingerprint density at radius 1 is 0.912 bits per heavy atom. The van der Waals surface area contributed by atoms with Gasteiger partial charge >= 0.3 is 5.97 Å². The summed E-state index contributed by atoms with van der Waals surface area (Å²) in [4.78, 5) is 39.0. The number of carbonyl (C=O) groups is 3. The third-order valence-electron chi connectivity index (χ3n) is 4.72. The number of benzene rings is 3. The zero-order valence-electron chi connectivity index (χ0n) is 17.4. The lowest BCUT2D eigenvalue weighted by atomic mass is 10.1. The third kappa shape index (κ3) is 5.08. The van der Waals surface area contributed by atoms with Crippen LogP contribution in [0.3, 0.4) is 0 Å². The fourth-order valence-electron chi connectivity index (χ4n) is 3.07. The second kappa shape index (κ2) is 10.1. The standard InChI is InChI=1S/C24H14Cl3NO5S/c1-32-20-10-13(2-9-19(20)33-23(30)14-3-5-15(25)6-4-14)11-21-22(29)28(24(31)34-21)16-7-8-17(26)18(27)12-16/h2-12H,1H3/b21-11+. The Morgan fingerprint density at radius 3 is 2.32 bits per heavy atom. The number of carbonyl (C=O) groups excluding carboxylic acids is 3. The van der Waals surface area contributed by atoms with Gasteiger partial charge in [0.25, 0.3) is 11.1 Å². The summed E-state index contributed by atoms with van der Waals surface area (Å²) in [6, 6.07) is 15.6. The van der Waals surface area contributed by atoms with Gasteiger partial charge < -0.3 is 9.47 Å². The van der Waals surface area contributed by atoms with E-state index in [-0.39, 0.29) is 21.4 Å². The minimum absolute atomic E-state index is 0.198. The molecule has 172 valence electrons. The molecule has 0 radical (unpaired) electrons. The van der Waals surface area contributed by atoms with E-state index in [4.69, 9.17) is 44.3 Å². The highest BCUT2D eigenvalue weighted by Gasteiger charge is 2.36. The van der Waals surface area contributed by atoms with Crippen LogP contribution in [0.1, 0.15) is 15.9 Å². The molecule has 1 saturated heterocycles. The number of anilines is 1. The second-order valence-corrected chi connectivity index (χ2v) is 9.17. The normalized spacial score (nSPS) is 14.6. The minimum Gasteiger partial charge on any atom is -0.493 e. The number of hydrogen-bond acceptors (Lipinski definition) is 6. The SMILES string of the molecule is COc1cc(/C=C2/SC(=O)N(c3ccc(Cl)c(Cl)c3)C2=O)ccc1OC(=O)c1ccc(Cl)cc1. The fourth-order valence-corrected chi connectivity index (χ4v) is 4.33. The van der Waals surface area contributed by atoms with Gasteiger partial charge in [-0.15, -0.1) is 0 Å². The van der Waals surface area contributed by atoms with E-state index >= 15 is 0 Å². The molecule has 4 rings (SSSR count). The molecule has 3 aromatic rings. The zero-order valence-corrected chi connectivity index (χ0v) is 20.5. The van der Waals surface area contributed by atoms with Crippen molar-refractivity contribution < 1.29 is 23.9 Å². The summed E-state index contributed by atoms with van der Waals surface area (Å²) in [5, 5.41) is 0.588. The summed E-state index contributed by atoms with van der Waals surface area (Å²) in [7, 11) is 1.43. The minimum atomic E-state index is -0.578. The summed E-state index contributed by atoms with van der Waals surface area (Å²) >= 11 is 18.6. The predicted molar refractivity (Wildman–Crippen MR) is 134 cm³/mol. The molecular formula is C24H14Cl3NO5S. The highest BCUT2D eigenvalue weighted by atomic mass is 35.5. The Labute approximate surface area is 214 Å². The first-order valence-corrected chi connectivity index (χ1v) is 11.6. The number of thioether (sulfide) groups is 1. The van der Waals surface area contributed by atoms with E-state index in [9.17, 15) is 14.4 Å². The van der Waals surface area contributed by atoms with Gasteiger partial charge in [0, 0.05) is 5.02 Å². The average Bonchev–Trinajstić information content (AvgIpc) is 3.09. The Hall–Kier alpha value is -2.97. The fraction of sp³-hybridized carbons (Fsp3) is 0.0417. The molecule has 0 unspecified atom stereocenters. The number of rotatable bonds is 5. The molecule has 0 N–H and O–H groups in total. The highest BCUT2D eigenvalue weighted by molar-refractivity contribution is 8.19. The van der Waals surface area contributed by atoms with Gasteiger partial charge in [-0.2, -0.15) is 0 Å². The number of esters is 1. The molecule has 34 heavy (non-hydrogen) atoms. The molecule has 0 atom stereocenters. The van der Waals surface area contributed by atoms with Crippen LogP contribution in [0.25, 0.3) is 6.08 Å². The van der Waals surface area contributed by atoms with Crippen LogP contribution < -0.4 is 14.4 Å². The number of methoxy groups -OCH3 is 1. The maximum atomic E-state index is 12.9. The van der Waals surface area contributed by atoms with E-state index in [1.807, 2.05) is 0 Å². The van der Waals surface area contributed by atoms with Crippen LogP contribution in [0.15, 0.2) is 65.6 Å². The summed E-state index contributed by atoms with van der Waals surface area (Å²) in [6.07, 6.45) is 1.55. The lowest BCUT2D eigenvalue weighted by Gasteiger charge is -2.13. The van der Waals surface area contributed by atoms with E-state index in [1.165, 1.54) is 19.2 Å². The van der Waals surface area contributed by atoms with Crippen LogP contribution in [-0.2, 0) is 4.79 Å². The predicted octanol–water partition coefficient (Wildman–Crippen LogP) is 7.12. The monoisotopic (exact) mass is 533 g/mol. The van der Waals surface area contributed by atoms with Crippen LogP contribution in [0.2, 0.25) is 15.1 Å². The number of halogens is 3. The summed E-state index contributed by atoms with van der Waals surface area (Å²) in [6.45, 7) is 0. The van der Waals surface area contributed by atoms with Crippen molar-refractivity contribution >= 4 is 75.4 Å². The summed E-state index contributed by atoms with van der Waals surface area (Å²) < 4.78 is 10.8. The van der Waals surface area contributed by atoms with Gasteiger partial charge in [0.15, 0.2) is 11.5 Å². The molecule has 6 nitrogen and oxygen atoms in total. The van der Waals surface area contributed by atoms with Crippen molar-refractivity contribution in [3.05, 3.63) is 91.8 Å². The molecule has 0 saturated carbocycles. The summed E-state index contributed by atoms with van der Waals surface area (Å²) in [5.41, 5.74) is 1.22. The molecule has 1 aliphatic heterocycles. The molecule has 1 fully saturated rings. The van der Waals surface area contributed by atoms with Crippen molar-refractivity contribution in [1.29, 1.82) is 0 Å². The molecule has 0 aromatic heterocycles. The third-order valence-corrected chi connectivity index (χ3v) is 6.58. The molecule has 10 heteroatoms. The number of amides is 2. The first-order valence-electron chi connectivity index (χ1n) is 9.65. The number of ether oxygens (including phenoxy) is 2. The highest BCUT2D eigenvalue weighted by Crippen LogP contribution is 2.38. The first-order chi connectivity index (χ1) is 16.3. The van der Waals surface area contributed by atoms with Crippen molar-refractivity contribution in [3.63, 3.8) is 0 Å². The van der Waals surface area contributed by atoms with Gasteiger partial charge in [0.2, 0.25) is 0 Å². The van der Waals surface area contributed by atoms with Gasteiger partial charge in [-0.3, -0.25) is 9.59 Å². The number of nitrogens with zero attached hydrogens (tertiary/aromatic N) is 1. The first kappa shape index (κ1) is 24.2. The average molecular weight is 535 g/mol. The van der Waals surface area contributed by atoms with Gasteiger partial charge in [-0.25, -0.2) is 9.69 Å². The zero-order chi connectivity index (χ0) is 24.4. The number of hydrogen-bond donors (Lipinski definition) is 0. The van der Waals surface area contributed by atoms with E-state index in [0.717, 1.165) is 16.7 Å². The van der Waals surface area contributed by atoms with Crippen molar-refractivity contribution in [2.24, 2.45) is 0 Å². The van der Waals surface area contributed by atoms with Crippen LogP contribution in [0, 0.1) is 0 Å². The maximum Gasteiger partial charge on any atom is 0.343 e. The van der Waals surface area contributed by atoms with E-state index in [2.05, 4.69) is 0 Å². The van der Waals surface area contributed by atoms with Gasteiger partial charge in [-0.1, -0.05) is 40.9 Å². The maximum absolute atomic E-state index is 12.9. The number of imide groups is 1. The summed E-state index contributed by atoms with van der Waals surface area (Å²) in [5.74, 6) is -0.598. The molecular weight excluding hydrogens is 521 g/mol. The molecule has 3 aromatic carbocycles. The lowest BCUT2D eigenvalue weighted by molar-refractivity contribution is -0.113. The molecule has 1 heterocycles. The Morgan fingerprint density at radius 2 is 1.65 bits per heavy atom. The smallest absolute Gasteiger partial charge is 0.343 e. The van der Waals surface area contributed by atoms with E-state index in [0.29, 0.717) is 26.9 Å². The largest absolute Gasteiger partial charge is 0.493 e.